The maximum atomic E-state index is 11.7. The molecule has 0 spiro atoms. The predicted octanol–water partition coefficient (Wildman–Crippen LogP) is 1.55. The molecule has 0 amide bonds. The molecule has 2 bridgehead atoms. The Balaban J connectivity index is 1.78. The third-order valence-electron chi connectivity index (χ3n) is 4.38. The van der Waals surface area contributed by atoms with E-state index in [0.29, 0.717) is 30.7 Å². The third-order valence-corrected chi connectivity index (χ3v) is 4.38. The molecule has 2 unspecified atom stereocenters. The van der Waals surface area contributed by atoms with Crippen LogP contribution in [0.5, 0.6) is 5.75 Å². The normalized spacial score (nSPS) is 27.5. The molecule has 2 aliphatic rings. The van der Waals surface area contributed by atoms with Crippen molar-refractivity contribution in [2.75, 3.05) is 32.1 Å². The second-order valence-corrected chi connectivity index (χ2v) is 5.52. The van der Waals surface area contributed by atoms with Crippen molar-refractivity contribution in [3.8, 4) is 5.75 Å². The summed E-state index contributed by atoms with van der Waals surface area (Å²) in [7, 11) is 3.83. The van der Waals surface area contributed by atoms with Crippen LogP contribution in [-0.4, -0.2) is 50.0 Å². The number of piperazine rings is 1. The van der Waals surface area contributed by atoms with Crippen LogP contribution >= 0.6 is 0 Å². The van der Waals surface area contributed by atoms with Gasteiger partial charge in [0.1, 0.15) is 11.5 Å². The van der Waals surface area contributed by atoms with Crippen LogP contribution in [0.1, 0.15) is 12.8 Å². The van der Waals surface area contributed by atoms with E-state index in [9.17, 15) is 4.79 Å². The second-order valence-electron chi connectivity index (χ2n) is 5.52. The lowest BCUT2D eigenvalue weighted by Gasteiger charge is -2.48. The van der Waals surface area contributed by atoms with E-state index in [1.54, 1.807) is 7.11 Å². The Morgan fingerprint density at radius 3 is 2.21 bits per heavy atom. The minimum Gasteiger partial charge on any atom is -0.497 e. The molecular formula is C15H20N2O2. The predicted molar refractivity (Wildman–Crippen MR) is 74.8 cm³/mol. The molecule has 0 N–H and O–H groups in total. The van der Waals surface area contributed by atoms with E-state index in [4.69, 9.17) is 4.74 Å². The number of nitrogens with zero attached hydrogens (tertiary/aromatic N) is 2. The number of Topliss-reactive ketones (excluding diaryl/α,β-unsaturated/α-hetero) is 1. The lowest BCUT2D eigenvalue weighted by molar-refractivity contribution is -0.125. The maximum Gasteiger partial charge on any atom is 0.136 e. The fraction of sp³-hybridized carbons (Fsp3) is 0.533. The van der Waals surface area contributed by atoms with Gasteiger partial charge in [0.2, 0.25) is 0 Å². The number of anilines is 1. The minimum atomic E-state index is 0.363. The van der Waals surface area contributed by atoms with Crippen molar-refractivity contribution >= 4 is 11.5 Å². The van der Waals surface area contributed by atoms with E-state index in [2.05, 4.69) is 29.0 Å². The van der Waals surface area contributed by atoms with Crippen molar-refractivity contribution in [1.82, 2.24) is 4.90 Å². The molecule has 0 radical (unpaired) electrons. The molecule has 2 saturated heterocycles. The van der Waals surface area contributed by atoms with Gasteiger partial charge < -0.3 is 9.64 Å². The smallest absolute Gasteiger partial charge is 0.136 e. The van der Waals surface area contributed by atoms with E-state index in [1.807, 2.05) is 12.1 Å². The molecule has 0 aliphatic carbocycles. The SMILES string of the molecule is COc1ccc(N2CC3CC(=O)CC(C2)N3C)cc1. The van der Waals surface area contributed by atoms with Crippen LogP contribution in [-0.2, 0) is 4.79 Å². The number of fused-ring (bicyclic) bond motifs is 2. The van der Waals surface area contributed by atoms with Crippen molar-refractivity contribution in [3.63, 3.8) is 0 Å². The van der Waals surface area contributed by atoms with Gasteiger partial charge in [0.25, 0.3) is 0 Å². The molecule has 2 aliphatic heterocycles. The molecule has 4 heteroatoms. The molecule has 2 atom stereocenters. The Kier molecular flexibility index (Phi) is 3.19. The molecule has 4 nitrogen and oxygen atoms in total. The van der Waals surface area contributed by atoms with Crippen LogP contribution in [0.4, 0.5) is 5.69 Å². The number of ether oxygens (including phenoxy) is 1. The van der Waals surface area contributed by atoms with E-state index in [1.165, 1.54) is 5.69 Å². The summed E-state index contributed by atoms with van der Waals surface area (Å²) in [6, 6.07) is 8.91. The number of carbonyl (C=O) groups excluding carboxylic acids is 1. The Morgan fingerprint density at radius 1 is 1.11 bits per heavy atom. The number of piperidine rings is 1. The maximum absolute atomic E-state index is 11.7. The highest BCUT2D eigenvalue weighted by atomic mass is 16.5. The highest BCUT2D eigenvalue weighted by Crippen LogP contribution is 2.29. The summed E-state index contributed by atoms with van der Waals surface area (Å²) in [6.07, 6.45) is 1.39. The molecule has 3 rings (SSSR count). The van der Waals surface area contributed by atoms with Gasteiger partial charge in [-0.25, -0.2) is 0 Å². The average Bonchev–Trinajstić information content (AvgIpc) is 2.40. The van der Waals surface area contributed by atoms with Crippen molar-refractivity contribution < 1.29 is 9.53 Å². The van der Waals surface area contributed by atoms with Gasteiger partial charge in [-0.3, -0.25) is 9.69 Å². The van der Waals surface area contributed by atoms with Gasteiger partial charge in [-0.15, -0.1) is 0 Å². The molecule has 0 aromatic heterocycles. The van der Waals surface area contributed by atoms with Crippen LogP contribution in [0, 0.1) is 0 Å². The quantitative estimate of drug-likeness (QED) is 0.807. The number of methoxy groups -OCH3 is 1. The van der Waals surface area contributed by atoms with Gasteiger partial charge in [0.15, 0.2) is 0 Å². The van der Waals surface area contributed by atoms with Gasteiger partial charge in [-0.2, -0.15) is 0 Å². The van der Waals surface area contributed by atoms with E-state index < -0.39 is 0 Å². The number of ketones is 1. The van der Waals surface area contributed by atoms with Crippen LogP contribution in [0.2, 0.25) is 0 Å². The molecular weight excluding hydrogens is 240 g/mol. The Hall–Kier alpha value is -1.55. The van der Waals surface area contributed by atoms with Gasteiger partial charge >= 0.3 is 0 Å². The Bertz CT molecular complexity index is 454. The van der Waals surface area contributed by atoms with E-state index in [-0.39, 0.29) is 0 Å². The lowest BCUT2D eigenvalue weighted by Crippen LogP contribution is -2.61. The van der Waals surface area contributed by atoms with Crippen molar-refractivity contribution in [2.45, 2.75) is 24.9 Å². The number of benzene rings is 1. The third kappa shape index (κ3) is 2.32. The summed E-state index contributed by atoms with van der Waals surface area (Å²) >= 11 is 0. The summed E-state index contributed by atoms with van der Waals surface area (Å²) in [5, 5.41) is 0. The van der Waals surface area contributed by atoms with E-state index in [0.717, 1.165) is 18.8 Å². The highest BCUT2D eigenvalue weighted by Gasteiger charge is 2.38. The van der Waals surface area contributed by atoms with E-state index >= 15 is 0 Å². The topological polar surface area (TPSA) is 32.8 Å². The van der Waals surface area contributed by atoms with Gasteiger partial charge in [-0.1, -0.05) is 0 Å². The van der Waals surface area contributed by atoms with Gasteiger partial charge in [0.05, 0.1) is 7.11 Å². The Labute approximate surface area is 113 Å². The molecule has 102 valence electrons. The fourth-order valence-electron chi connectivity index (χ4n) is 3.17. The van der Waals surface area contributed by atoms with Crippen LogP contribution in [0.15, 0.2) is 24.3 Å². The highest BCUT2D eigenvalue weighted by molar-refractivity contribution is 5.81. The summed E-state index contributed by atoms with van der Waals surface area (Å²) in [5.41, 5.74) is 1.22. The van der Waals surface area contributed by atoms with Gasteiger partial charge in [-0.05, 0) is 31.3 Å². The molecule has 2 heterocycles. The lowest BCUT2D eigenvalue weighted by atomic mass is 9.90. The first-order chi connectivity index (χ1) is 9.17. The van der Waals surface area contributed by atoms with Crippen molar-refractivity contribution in [2.24, 2.45) is 0 Å². The standard InChI is InChI=1S/C15H20N2O2/c1-16-12-7-14(18)8-13(16)10-17(9-12)11-3-5-15(19-2)6-4-11/h3-6,12-13H,7-10H2,1-2H3. The summed E-state index contributed by atoms with van der Waals surface area (Å²) < 4.78 is 5.19. The summed E-state index contributed by atoms with van der Waals surface area (Å²) in [6.45, 7) is 1.87. The molecule has 19 heavy (non-hydrogen) atoms. The first kappa shape index (κ1) is 12.5. The zero-order valence-corrected chi connectivity index (χ0v) is 11.5. The van der Waals surface area contributed by atoms with Gasteiger partial charge in [0, 0.05) is 43.7 Å². The van der Waals surface area contributed by atoms with Crippen LogP contribution < -0.4 is 9.64 Å². The molecule has 1 aromatic rings. The number of likely N-dealkylation sites (N-methyl/N-ethyl adjacent to an activating group) is 1. The average molecular weight is 260 g/mol. The molecule has 1 aromatic carbocycles. The number of hydrogen-bond donors (Lipinski definition) is 0. The monoisotopic (exact) mass is 260 g/mol. The first-order valence-corrected chi connectivity index (χ1v) is 6.80. The zero-order chi connectivity index (χ0) is 13.4. The number of carbonyl (C=O) groups is 1. The zero-order valence-electron chi connectivity index (χ0n) is 11.5. The van der Waals surface area contributed by atoms with Crippen molar-refractivity contribution in [3.05, 3.63) is 24.3 Å². The fourth-order valence-corrected chi connectivity index (χ4v) is 3.17. The second kappa shape index (κ2) is 4.85. The van der Waals surface area contributed by atoms with Crippen molar-refractivity contribution in [1.29, 1.82) is 0 Å². The summed E-state index contributed by atoms with van der Waals surface area (Å²) in [4.78, 5) is 16.5. The largest absolute Gasteiger partial charge is 0.497 e. The van der Waals surface area contributed by atoms with Crippen LogP contribution in [0.3, 0.4) is 0 Å². The molecule has 0 saturated carbocycles. The summed E-state index contributed by atoms with van der Waals surface area (Å²) in [5.74, 6) is 1.30. The van der Waals surface area contributed by atoms with Crippen LogP contribution in [0.25, 0.3) is 0 Å². The Morgan fingerprint density at radius 2 is 1.68 bits per heavy atom. The number of rotatable bonds is 2. The minimum absolute atomic E-state index is 0.363. The molecule has 2 fully saturated rings. The number of hydrogen-bond acceptors (Lipinski definition) is 4. The first-order valence-electron chi connectivity index (χ1n) is 6.80.